The van der Waals surface area contributed by atoms with E-state index in [1.165, 1.54) is 24.0 Å². The molecule has 3 aliphatic heterocycles. The molecule has 0 aromatic carbocycles. The summed E-state index contributed by atoms with van der Waals surface area (Å²) in [7, 11) is 0. The summed E-state index contributed by atoms with van der Waals surface area (Å²) in [5, 5.41) is 0. The van der Waals surface area contributed by atoms with Crippen molar-refractivity contribution in [2.75, 3.05) is 0 Å². The van der Waals surface area contributed by atoms with Gasteiger partial charge in [-0.05, 0) is 69.8 Å². The zero-order valence-electron chi connectivity index (χ0n) is 14.8. The molecule has 5 atom stereocenters. The van der Waals surface area contributed by atoms with Gasteiger partial charge in [-0.3, -0.25) is 0 Å². The molecule has 23 heavy (non-hydrogen) atoms. The third-order valence-electron chi connectivity index (χ3n) is 7.12. The Bertz CT molecular complexity index is 616. The van der Waals surface area contributed by atoms with Crippen molar-refractivity contribution in [1.82, 2.24) is 0 Å². The number of carbonyl (C=O) groups is 1. The fourth-order valence-corrected chi connectivity index (χ4v) is 5.62. The van der Waals surface area contributed by atoms with Crippen molar-refractivity contribution in [1.29, 1.82) is 0 Å². The number of hydrogen-bond donors (Lipinski definition) is 0. The lowest BCUT2D eigenvalue weighted by molar-refractivity contribution is -0.139. The standard InChI is InChI=1S/C20H28O3/c1-12-6-5-8-19(3)16(20(4)9-7-17(19)23-20)11-14-13(2)18(21)22-15(14)10-12/h6,15-17H,5,7-11H2,1-4H3/b12-6+/t15-,16-,17?,19-,20?/m1/s1. The number of carbonyl (C=O) groups excluding carboxylic acids is 1. The number of ether oxygens (including phenoxy) is 2. The van der Waals surface area contributed by atoms with Gasteiger partial charge in [-0.15, -0.1) is 0 Å². The van der Waals surface area contributed by atoms with Crippen molar-refractivity contribution < 1.29 is 14.3 Å². The van der Waals surface area contributed by atoms with E-state index in [9.17, 15) is 4.79 Å². The largest absolute Gasteiger partial charge is 0.454 e. The molecular weight excluding hydrogens is 288 g/mol. The predicted octanol–water partition coefficient (Wildman–Crippen LogP) is 4.32. The van der Waals surface area contributed by atoms with Crippen LogP contribution in [0.25, 0.3) is 0 Å². The Hall–Kier alpha value is -1.09. The van der Waals surface area contributed by atoms with Crippen LogP contribution in [0.4, 0.5) is 0 Å². The van der Waals surface area contributed by atoms with E-state index in [4.69, 9.17) is 9.47 Å². The Morgan fingerprint density at radius 3 is 2.74 bits per heavy atom. The maximum absolute atomic E-state index is 12.1. The zero-order chi connectivity index (χ0) is 16.4. The fourth-order valence-electron chi connectivity index (χ4n) is 5.62. The Morgan fingerprint density at radius 1 is 1.17 bits per heavy atom. The van der Waals surface area contributed by atoms with Gasteiger partial charge in [0.2, 0.25) is 0 Å². The SMILES string of the molecule is CC1=C2C[C@H]3C4(C)CCC(O4)[C@]3(C)CC/C=C(\C)C[C@H]2OC1=O. The molecule has 0 spiro atoms. The van der Waals surface area contributed by atoms with Crippen LogP contribution in [0.1, 0.15) is 66.2 Å². The second-order valence-electron chi connectivity index (χ2n) is 8.56. The zero-order valence-corrected chi connectivity index (χ0v) is 14.8. The molecule has 0 N–H and O–H groups in total. The summed E-state index contributed by atoms with van der Waals surface area (Å²) in [6.45, 7) is 8.81. The van der Waals surface area contributed by atoms with Crippen molar-refractivity contribution in [2.24, 2.45) is 11.3 Å². The van der Waals surface area contributed by atoms with Crippen LogP contribution in [-0.2, 0) is 14.3 Å². The summed E-state index contributed by atoms with van der Waals surface area (Å²) < 4.78 is 12.2. The van der Waals surface area contributed by atoms with Crippen LogP contribution in [0, 0.1) is 11.3 Å². The lowest BCUT2D eigenvalue weighted by Gasteiger charge is -2.43. The van der Waals surface area contributed by atoms with Crippen LogP contribution < -0.4 is 0 Å². The highest BCUT2D eigenvalue weighted by Gasteiger charge is 2.62. The molecule has 0 amide bonds. The van der Waals surface area contributed by atoms with Crippen molar-refractivity contribution in [3.8, 4) is 0 Å². The summed E-state index contributed by atoms with van der Waals surface area (Å²) in [5.74, 6) is 0.371. The smallest absolute Gasteiger partial charge is 0.334 e. The first-order valence-corrected chi connectivity index (χ1v) is 9.07. The summed E-state index contributed by atoms with van der Waals surface area (Å²) in [6.07, 6.45) is 9.10. The highest BCUT2D eigenvalue weighted by Crippen LogP contribution is 2.62. The van der Waals surface area contributed by atoms with Gasteiger partial charge < -0.3 is 9.47 Å². The molecule has 2 bridgehead atoms. The van der Waals surface area contributed by atoms with E-state index in [1.807, 2.05) is 6.92 Å². The molecule has 0 aromatic heterocycles. The average molecular weight is 316 g/mol. The van der Waals surface area contributed by atoms with E-state index >= 15 is 0 Å². The van der Waals surface area contributed by atoms with Crippen LogP contribution in [0.5, 0.6) is 0 Å². The van der Waals surface area contributed by atoms with E-state index in [2.05, 4.69) is 26.8 Å². The summed E-state index contributed by atoms with van der Waals surface area (Å²) >= 11 is 0. The third-order valence-corrected chi connectivity index (χ3v) is 7.12. The molecular formula is C20H28O3. The van der Waals surface area contributed by atoms with Crippen molar-refractivity contribution in [2.45, 2.75) is 84.0 Å². The molecule has 0 radical (unpaired) electrons. The molecule has 2 unspecified atom stereocenters. The van der Waals surface area contributed by atoms with Crippen LogP contribution in [-0.4, -0.2) is 23.8 Å². The lowest BCUT2D eigenvalue weighted by atomic mass is 9.59. The molecule has 3 nitrogen and oxygen atoms in total. The average Bonchev–Trinajstić information content (AvgIpc) is 3.05. The molecule has 4 aliphatic rings. The first-order chi connectivity index (χ1) is 10.8. The van der Waals surface area contributed by atoms with Gasteiger partial charge in [0.1, 0.15) is 6.10 Å². The first-order valence-electron chi connectivity index (χ1n) is 9.07. The van der Waals surface area contributed by atoms with Gasteiger partial charge in [0.25, 0.3) is 0 Å². The number of rotatable bonds is 0. The summed E-state index contributed by atoms with van der Waals surface area (Å²) in [4.78, 5) is 12.1. The number of allylic oxidation sites excluding steroid dienone is 1. The second-order valence-corrected chi connectivity index (χ2v) is 8.56. The Kier molecular flexibility index (Phi) is 3.32. The normalized spacial score (nSPS) is 48.6. The molecule has 3 heteroatoms. The minimum atomic E-state index is -0.118. The Labute approximate surface area is 139 Å². The Balaban J connectivity index is 1.77. The van der Waals surface area contributed by atoms with Gasteiger partial charge in [-0.1, -0.05) is 18.6 Å². The first kappa shape index (κ1) is 15.4. The highest BCUT2D eigenvalue weighted by molar-refractivity contribution is 5.91. The summed E-state index contributed by atoms with van der Waals surface area (Å²) in [5.41, 5.74) is 3.61. The van der Waals surface area contributed by atoms with E-state index in [0.717, 1.165) is 31.3 Å². The van der Waals surface area contributed by atoms with Crippen LogP contribution >= 0.6 is 0 Å². The molecule has 2 saturated heterocycles. The topological polar surface area (TPSA) is 35.5 Å². The molecule has 4 rings (SSSR count). The van der Waals surface area contributed by atoms with E-state index in [1.54, 1.807) is 0 Å². The van der Waals surface area contributed by atoms with Gasteiger partial charge in [0.05, 0.1) is 11.7 Å². The van der Waals surface area contributed by atoms with E-state index in [0.29, 0.717) is 12.0 Å². The van der Waals surface area contributed by atoms with Crippen LogP contribution in [0.3, 0.4) is 0 Å². The second kappa shape index (κ2) is 4.95. The number of fused-ring (bicyclic) bond motifs is 6. The summed E-state index contributed by atoms with van der Waals surface area (Å²) in [6, 6.07) is 0. The molecule has 2 fully saturated rings. The maximum atomic E-state index is 12.1. The molecule has 0 aromatic rings. The molecule has 3 heterocycles. The van der Waals surface area contributed by atoms with Gasteiger partial charge in [-0.25, -0.2) is 4.79 Å². The van der Waals surface area contributed by atoms with E-state index < -0.39 is 0 Å². The van der Waals surface area contributed by atoms with Crippen molar-refractivity contribution in [3.05, 3.63) is 22.8 Å². The van der Waals surface area contributed by atoms with E-state index in [-0.39, 0.29) is 23.1 Å². The Morgan fingerprint density at radius 2 is 1.96 bits per heavy atom. The lowest BCUT2D eigenvalue weighted by Crippen LogP contribution is -2.43. The maximum Gasteiger partial charge on any atom is 0.334 e. The van der Waals surface area contributed by atoms with Crippen LogP contribution in [0.15, 0.2) is 22.8 Å². The van der Waals surface area contributed by atoms with Crippen molar-refractivity contribution >= 4 is 5.97 Å². The highest BCUT2D eigenvalue weighted by atomic mass is 16.5. The fraction of sp³-hybridized carbons (Fsp3) is 0.750. The molecule has 1 aliphatic carbocycles. The van der Waals surface area contributed by atoms with Crippen molar-refractivity contribution in [3.63, 3.8) is 0 Å². The van der Waals surface area contributed by atoms with Gasteiger partial charge in [0.15, 0.2) is 0 Å². The van der Waals surface area contributed by atoms with Gasteiger partial charge in [-0.2, -0.15) is 0 Å². The quantitative estimate of drug-likeness (QED) is 0.493. The minimum Gasteiger partial charge on any atom is -0.454 e. The predicted molar refractivity (Wildman–Crippen MR) is 88.9 cm³/mol. The molecule has 126 valence electrons. The molecule has 0 saturated carbocycles. The third kappa shape index (κ3) is 2.15. The number of hydrogen-bond acceptors (Lipinski definition) is 3. The van der Waals surface area contributed by atoms with Gasteiger partial charge >= 0.3 is 5.97 Å². The van der Waals surface area contributed by atoms with Gasteiger partial charge in [0, 0.05) is 12.0 Å². The van der Waals surface area contributed by atoms with Crippen LogP contribution in [0.2, 0.25) is 0 Å². The minimum absolute atomic E-state index is 0.0269. The monoisotopic (exact) mass is 316 g/mol. The number of esters is 1.